The Morgan fingerprint density at radius 1 is 1.35 bits per heavy atom. The highest BCUT2D eigenvalue weighted by atomic mass is 32.2. The van der Waals surface area contributed by atoms with Gasteiger partial charge in [-0.1, -0.05) is 19.0 Å². The third-order valence-corrected chi connectivity index (χ3v) is 4.21. The maximum absolute atomic E-state index is 12.2. The molecule has 0 heterocycles. The number of benzene rings is 1. The fourth-order valence-electron chi connectivity index (χ4n) is 1.59. The molecule has 112 valence electrons. The number of nitrogens with two attached hydrogens (primary N) is 1. The Morgan fingerprint density at radius 2 is 1.90 bits per heavy atom. The molecule has 0 fully saturated rings. The van der Waals surface area contributed by atoms with Crippen molar-refractivity contribution in [2.45, 2.75) is 24.8 Å². The van der Waals surface area contributed by atoms with Crippen LogP contribution in [0.3, 0.4) is 0 Å². The monoisotopic (exact) mass is 301 g/mol. The maximum Gasteiger partial charge on any atom is 0.241 e. The van der Waals surface area contributed by atoms with Crippen molar-refractivity contribution in [1.82, 2.24) is 4.72 Å². The second-order valence-electron chi connectivity index (χ2n) is 4.54. The summed E-state index contributed by atoms with van der Waals surface area (Å²) in [7, 11) is -2.27. The zero-order valence-corrected chi connectivity index (χ0v) is 12.4. The van der Waals surface area contributed by atoms with Gasteiger partial charge in [-0.3, -0.25) is 0 Å². The average molecular weight is 301 g/mol. The van der Waals surface area contributed by atoms with Crippen molar-refractivity contribution in [1.29, 1.82) is 0 Å². The third-order valence-electron chi connectivity index (χ3n) is 2.75. The van der Waals surface area contributed by atoms with Gasteiger partial charge < -0.3 is 15.7 Å². The minimum atomic E-state index is -3.76. The van der Waals surface area contributed by atoms with Crippen LogP contribution in [0.4, 0.5) is 0 Å². The highest BCUT2D eigenvalue weighted by Gasteiger charge is 2.25. The van der Waals surface area contributed by atoms with Crippen LogP contribution in [0.15, 0.2) is 34.3 Å². The number of oxime groups is 1. The van der Waals surface area contributed by atoms with E-state index < -0.39 is 16.1 Å². The van der Waals surface area contributed by atoms with E-state index in [-0.39, 0.29) is 16.6 Å². The number of hydrogen-bond acceptors (Lipinski definition) is 5. The largest absolute Gasteiger partial charge is 0.497 e. The number of amidine groups is 1. The summed E-state index contributed by atoms with van der Waals surface area (Å²) >= 11 is 0. The highest BCUT2D eigenvalue weighted by molar-refractivity contribution is 7.89. The van der Waals surface area contributed by atoms with Gasteiger partial charge in [0.25, 0.3) is 0 Å². The number of sulfonamides is 1. The predicted octanol–water partition coefficient (Wildman–Crippen LogP) is 0.744. The molecule has 0 amide bonds. The maximum atomic E-state index is 12.2. The second kappa shape index (κ2) is 6.58. The lowest BCUT2D eigenvalue weighted by atomic mass is 10.1. The molecule has 4 N–H and O–H groups in total. The number of methoxy groups -OCH3 is 1. The van der Waals surface area contributed by atoms with Crippen LogP contribution in [-0.4, -0.2) is 32.6 Å². The smallest absolute Gasteiger partial charge is 0.241 e. The van der Waals surface area contributed by atoms with Crippen LogP contribution in [0.1, 0.15) is 13.8 Å². The Labute approximate surface area is 118 Å². The normalized spacial score (nSPS) is 14.3. The van der Waals surface area contributed by atoms with E-state index in [9.17, 15) is 8.42 Å². The van der Waals surface area contributed by atoms with Crippen molar-refractivity contribution in [2.75, 3.05) is 7.11 Å². The van der Waals surface area contributed by atoms with E-state index in [1.54, 1.807) is 26.0 Å². The molecule has 0 aromatic heterocycles. The van der Waals surface area contributed by atoms with Crippen LogP contribution in [0, 0.1) is 5.92 Å². The number of rotatable bonds is 6. The lowest BCUT2D eigenvalue weighted by Crippen LogP contribution is -2.47. The predicted molar refractivity (Wildman–Crippen MR) is 75.4 cm³/mol. The first-order chi connectivity index (χ1) is 9.31. The quantitative estimate of drug-likeness (QED) is 0.310. The van der Waals surface area contributed by atoms with Crippen molar-refractivity contribution >= 4 is 15.9 Å². The number of nitrogens with zero attached hydrogens (tertiary/aromatic N) is 1. The topological polar surface area (TPSA) is 114 Å². The Morgan fingerprint density at radius 3 is 2.30 bits per heavy atom. The molecule has 0 saturated heterocycles. The van der Waals surface area contributed by atoms with Crippen LogP contribution < -0.4 is 15.2 Å². The van der Waals surface area contributed by atoms with Crippen LogP contribution >= 0.6 is 0 Å². The van der Waals surface area contributed by atoms with Gasteiger partial charge in [-0.05, 0) is 30.2 Å². The van der Waals surface area contributed by atoms with Gasteiger partial charge in [0.2, 0.25) is 10.0 Å². The van der Waals surface area contributed by atoms with E-state index in [0.29, 0.717) is 5.75 Å². The summed E-state index contributed by atoms with van der Waals surface area (Å²) < 4.78 is 31.8. The summed E-state index contributed by atoms with van der Waals surface area (Å²) in [6.07, 6.45) is 0. The molecule has 8 heteroatoms. The Balaban J connectivity index is 3.03. The second-order valence-corrected chi connectivity index (χ2v) is 6.26. The van der Waals surface area contributed by atoms with E-state index in [1.807, 2.05) is 0 Å². The first-order valence-corrected chi connectivity index (χ1v) is 7.44. The molecule has 0 aliphatic heterocycles. The van der Waals surface area contributed by atoms with E-state index in [2.05, 4.69) is 9.88 Å². The molecule has 20 heavy (non-hydrogen) atoms. The molecule has 1 atom stereocenters. The van der Waals surface area contributed by atoms with Crippen LogP contribution in [0.25, 0.3) is 0 Å². The number of nitrogens with one attached hydrogen (secondary N) is 1. The molecule has 1 rings (SSSR count). The molecule has 0 bridgehead atoms. The molecule has 1 unspecified atom stereocenters. The minimum Gasteiger partial charge on any atom is -0.497 e. The Kier molecular flexibility index (Phi) is 5.34. The zero-order chi connectivity index (χ0) is 15.3. The Hall–Kier alpha value is -1.80. The van der Waals surface area contributed by atoms with Crippen molar-refractivity contribution < 1.29 is 18.4 Å². The summed E-state index contributed by atoms with van der Waals surface area (Å²) in [5.74, 6) is 0.205. The van der Waals surface area contributed by atoms with E-state index in [1.165, 1.54) is 19.2 Å². The SMILES string of the molecule is COc1ccc(S(=O)(=O)NC(C(N)=NO)C(C)C)cc1. The third kappa shape index (κ3) is 3.84. The van der Waals surface area contributed by atoms with Crippen LogP contribution in [0.5, 0.6) is 5.75 Å². The van der Waals surface area contributed by atoms with E-state index in [4.69, 9.17) is 15.7 Å². The summed E-state index contributed by atoms with van der Waals surface area (Å²) in [6, 6.07) is 5.15. The molecule has 0 aliphatic rings. The van der Waals surface area contributed by atoms with E-state index in [0.717, 1.165) is 0 Å². The Bertz CT molecular complexity index is 567. The molecular formula is C12H19N3O4S. The lowest BCUT2D eigenvalue weighted by molar-refractivity contribution is 0.313. The van der Waals surface area contributed by atoms with Gasteiger partial charge in [-0.25, -0.2) is 13.1 Å². The fraction of sp³-hybridized carbons (Fsp3) is 0.417. The van der Waals surface area contributed by atoms with Gasteiger partial charge >= 0.3 is 0 Å². The lowest BCUT2D eigenvalue weighted by Gasteiger charge is -2.20. The molecule has 1 aromatic rings. The summed E-state index contributed by atoms with van der Waals surface area (Å²) in [5.41, 5.74) is 5.50. The first-order valence-electron chi connectivity index (χ1n) is 5.95. The molecule has 0 saturated carbocycles. The van der Waals surface area contributed by atoms with Crippen LogP contribution in [0.2, 0.25) is 0 Å². The minimum absolute atomic E-state index is 0.0784. The molecule has 0 aliphatic carbocycles. The van der Waals surface area contributed by atoms with Crippen molar-refractivity contribution in [3.63, 3.8) is 0 Å². The van der Waals surface area contributed by atoms with Gasteiger partial charge in [0.1, 0.15) is 5.75 Å². The molecule has 0 radical (unpaired) electrons. The summed E-state index contributed by atoms with van der Waals surface area (Å²) in [4.78, 5) is 0.0784. The van der Waals surface area contributed by atoms with Gasteiger partial charge in [0.15, 0.2) is 5.84 Å². The number of hydrogen-bond donors (Lipinski definition) is 3. The molecular weight excluding hydrogens is 282 g/mol. The van der Waals surface area contributed by atoms with Gasteiger partial charge in [-0.15, -0.1) is 0 Å². The summed E-state index contributed by atoms with van der Waals surface area (Å²) in [5, 5.41) is 11.6. The van der Waals surface area contributed by atoms with Gasteiger partial charge in [-0.2, -0.15) is 0 Å². The van der Waals surface area contributed by atoms with Gasteiger partial charge in [0, 0.05) is 0 Å². The summed E-state index contributed by atoms with van der Waals surface area (Å²) in [6.45, 7) is 3.53. The highest BCUT2D eigenvalue weighted by Crippen LogP contribution is 2.16. The fourth-order valence-corrected chi connectivity index (χ4v) is 2.95. The van der Waals surface area contributed by atoms with Gasteiger partial charge in [0.05, 0.1) is 18.0 Å². The van der Waals surface area contributed by atoms with E-state index >= 15 is 0 Å². The van der Waals surface area contributed by atoms with Crippen molar-refractivity contribution in [2.24, 2.45) is 16.8 Å². The molecule has 7 nitrogen and oxygen atoms in total. The first kappa shape index (κ1) is 16.3. The average Bonchev–Trinajstić information content (AvgIpc) is 2.43. The van der Waals surface area contributed by atoms with Crippen molar-refractivity contribution in [3.8, 4) is 5.75 Å². The van der Waals surface area contributed by atoms with Crippen LogP contribution in [-0.2, 0) is 10.0 Å². The molecule has 1 aromatic carbocycles. The number of ether oxygens (including phenoxy) is 1. The zero-order valence-electron chi connectivity index (χ0n) is 11.6. The molecule has 0 spiro atoms. The standard InChI is InChI=1S/C12H19N3O4S/c1-8(2)11(12(13)14-16)15-20(17,18)10-6-4-9(19-3)5-7-10/h4-8,11,15-16H,1-3H3,(H2,13,14). The van der Waals surface area contributed by atoms with Crippen molar-refractivity contribution in [3.05, 3.63) is 24.3 Å².